The maximum absolute atomic E-state index is 14.0. The molecule has 1 spiro atoms. The van der Waals surface area contributed by atoms with Gasteiger partial charge < -0.3 is 19.1 Å². The molecule has 0 unspecified atom stereocenters. The molecule has 3 fully saturated rings. The molecule has 10 heteroatoms. The van der Waals surface area contributed by atoms with Gasteiger partial charge in [-0.2, -0.15) is 0 Å². The lowest BCUT2D eigenvalue weighted by Crippen LogP contribution is -2.79. The van der Waals surface area contributed by atoms with E-state index in [9.17, 15) is 19.2 Å². The second-order valence-corrected chi connectivity index (χ2v) is 10.8. The summed E-state index contributed by atoms with van der Waals surface area (Å²) in [4.78, 5) is 56.7. The summed E-state index contributed by atoms with van der Waals surface area (Å²) in [6.07, 6.45) is 2.77. The van der Waals surface area contributed by atoms with Crippen molar-refractivity contribution in [1.29, 1.82) is 0 Å². The van der Waals surface area contributed by atoms with Crippen LogP contribution < -0.4 is 4.90 Å². The minimum absolute atomic E-state index is 0.00464. The highest BCUT2D eigenvalue weighted by Crippen LogP contribution is 2.71. The number of benzene rings is 1. The van der Waals surface area contributed by atoms with Gasteiger partial charge in [0.2, 0.25) is 6.41 Å². The zero-order valence-corrected chi connectivity index (χ0v) is 20.5. The first-order chi connectivity index (χ1) is 16.8. The van der Waals surface area contributed by atoms with E-state index in [2.05, 4.69) is 0 Å². The second kappa shape index (κ2) is 7.43. The van der Waals surface area contributed by atoms with Crippen LogP contribution in [0.3, 0.4) is 0 Å². The van der Waals surface area contributed by atoms with Crippen LogP contribution in [0.5, 0.6) is 0 Å². The van der Waals surface area contributed by atoms with Gasteiger partial charge in [0.1, 0.15) is 5.78 Å². The number of hydrogen-bond donors (Lipinski definition) is 0. The minimum atomic E-state index is -1.57. The Balaban J connectivity index is 1.77. The minimum Gasteiger partial charge on any atom is -0.467 e. The molecule has 3 aliphatic heterocycles. The van der Waals surface area contributed by atoms with Crippen molar-refractivity contribution in [2.45, 2.75) is 68.7 Å². The highest BCUT2D eigenvalue weighted by atomic mass is 35.5. The Morgan fingerprint density at radius 2 is 1.91 bits per heavy atom. The van der Waals surface area contributed by atoms with Gasteiger partial charge in [-0.3, -0.25) is 14.5 Å². The maximum atomic E-state index is 14.0. The molecule has 1 aromatic rings. The maximum Gasteiger partial charge on any atom is 0.415 e. The Labute approximate surface area is 207 Å². The monoisotopic (exact) mass is 502 g/mol. The average molecular weight is 503 g/mol. The molecule has 6 rings (SSSR count). The summed E-state index contributed by atoms with van der Waals surface area (Å²) in [5, 5.41) is 0.457. The first kappa shape index (κ1) is 22.8. The Bertz CT molecular complexity index is 1190. The van der Waals surface area contributed by atoms with Crippen molar-refractivity contribution in [1.82, 2.24) is 4.90 Å². The summed E-state index contributed by atoms with van der Waals surface area (Å²) >= 11 is 6.76. The van der Waals surface area contributed by atoms with Crippen molar-refractivity contribution in [2.24, 2.45) is 5.41 Å². The van der Waals surface area contributed by atoms with Crippen molar-refractivity contribution >= 4 is 41.5 Å². The summed E-state index contributed by atoms with van der Waals surface area (Å²) in [5.74, 6) is -0.616. The number of halogens is 1. The molecule has 1 aromatic carbocycles. The number of fused-ring (bicyclic) bond motifs is 3. The number of esters is 1. The van der Waals surface area contributed by atoms with Gasteiger partial charge in [0.05, 0.1) is 44.6 Å². The van der Waals surface area contributed by atoms with Gasteiger partial charge in [-0.25, -0.2) is 9.59 Å². The molecular weight excluding hydrogens is 476 g/mol. The van der Waals surface area contributed by atoms with Crippen LogP contribution in [0.15, 0.2) is 6.07 Å². The topological polar surface area (TPSA) is 102 Å². The number of nitrogens with zero attached hydrogens (tertiary/aromatic N) is 2. The molecule has 4 atom stereocenters. The van der Waals surface area contributed by atoms with Crippen LogP contribution in [0.2, 0.25) is 5.02 Å². The van der Waals surface area contributed by atoms with Gasteiger partial charge in [-0.05, 0) is 42.7 Å². The van der Waals surface area contributed by atoms with Gasteiger partial charge in [0.15, 0.2) is 5.54 Å². The van der Waals surface area contributed by atoms with Gasteiger partial charge in [-0.15, -0.1) is 0 Å². The van der Waals surface area contributed by atoms with Crippen LogP contribution in [-0.2, 0) is 47.2 Å². The predicted octanol–water partition coefficient (Wildman–Crippen LogP) is 2.87. The first-order valence-electron chi connectivity index (χ1n) is 11.9. The standard InChI is InChI=1S/C25H27ClN2O7/c1-33-21(31)25-6-5-23-4-3-7-27(13-29)20(23)24(25,10-14(30)9-23)17-8-18(26)15-11-35-12-16(15)19(17)28(25)22(32)34-2/h8,13,20H,3-7,9-12H2,1-2H3/t20-,23+,24+,25+/m0/s1. The Morgan fingerprint density at radius 3 is 2.63 bits per heavy atom. The molecule has 2 saturated carbocycles. The third-order valence-electron chi connectivity index (χ3n) is 9.28. The molecule has 1 saturated heterocycles. The molecule has 0 N–H and O–H groups in total. The van der Waals surface area contributed by atoms with Crippen molar-refractivity contribution in [3.63, 3.8) is 0 Å². The van der Waals surface area contributed by atoms with Crippen molar-refractivity contribution in [3.8, 4) is 0 Å². The third kappa shape index (κ3) is 2.48. The second-order valence-electron chi connectivity index (χ2n) is 10.4. The lowest BCUT2D eigenvalue weighted by Gasteiger charge is -2.66. The fraction of sp³-hybridized carbons (Fsp3) is 0.600. The Kier molecular flexibility index (Phi) is 4.84. The number of hydrogen-bond acceptors (Lipinski definition) is 7. The van der Waals surface area contributed by atoms with Crippen LogP contribution in [0, 0.1) is 5.41 Å². The lowest BCUT2D eigenvalue weighted by atomic mass is 9.42. The fourth-order valence-corrected chi connectivity index (χ4v) is 8.60. The van der Waals surface area contributed by atoms with Gasteiger partial charge in [0, 0.05) is 35.5 Å². The SMILES string of the molecule is COC(=O)N1c2c(cc(Cl)c3c2COC3)[C@]23CC(=O)C[C@@]4(CCCN(C=O)[C@@H]42)CC[C@]13C(=O)OC. The van der Waals surface area contributed by atoms with Crippen molar-refractivity contribution in [3.05, 3.63) is 27.8 Å². The van der Waals surface area contributed by atoms with Crippen molar-refractivity contribution < 1.29 is 33.4 Å². The number of Topliss-reactive ketones (excluding diaryl/α,β-unsaturated/α-hetero) is 1. The summed E-state index contributed by atoms with van der Waals surface area (Å²) in [6, 6.07) is 1.30. The quantitative estimate of drug-likeness (QED) is 0.452. The van der Waals surface area contributed by atoms with E-state index in [1.807, 2.05) is 0 Å². The van der Waals surface area contributed by atoms with Crippen LogP contribution in [0.1, 0.15) is 55.2 Å². The third-order valence-corrected chi connectivity index (χ3v) is 9.61. The van der Waals surface area contributed by atoms with Gasteiger partial charge in [0.25, 0.3) is 0 Å². The van der Waals surface area contributed by atoms with E-state index in [0.29, 0.717) is 41.2 Å². The zero-order chi connectivity index (χ0) is 24.8. The fourth-order valence-electron chi connectivity index (χ4n) is 8.32. The number of methoxy groups -OCH3 is 2. The molecule has 5 aliphatic rings. The number of anilines is 1. The zero-order valence-electron chi connectivity index (χ0n) is 19.7. The van der Waals surface area contributed by atoms with E-state index in [1.54, 1.807) is 11.0 Å². The Morgan fingerprint density at radius 1 is 1.14 bits per heavy atom. The number of amides is 2. The van der Waals surface area contributed by atoms with E-state index in [4.69, 9.17) is 25.8 Å². The van der Waals surface area contributed by atoms with Gasteiger partial charge >= 0.3 is 12.1 Å². The van der Waals surface area contributed by atoms with E-state index in [1.165, 1.54) is 19.1 Å². The van der Waals surface area contributed by atoms with Crippen LogP contribution in [0.25, 0.3) is 0 Å². The molecule has 2 aliphatic carbocycles. The number of likely N-dealkylation sites (tertiary alicyclic amines) is 1. The predicted molar refractivity (Wildman–Crippen MR) is 123 cm³/mol. The molecular formula is C25H27ClN2O7. The van der Waals surface area contributed by atoms with Crippen LogP contribution in [-0.4, -0.2) is 61.5 Å². The average Bonchev–Trinajstić information content (AvgIpc) is 3.43. The van der Waals surface area contributed by atoms with E-state index >= 15 is 0 Å². The normalized spacial score (nSPS) is 34.5. The molecule has 2 amide bonds. The molecule has 2 bridgehead atoms. The summed E-state index contributed by atoms with van der Waals surface area (Å²) in [5.41, 5.74) is -0.696. The summed E-state index contributed by atoms with van der Waals surface area (Å²) in [7, 11) is 2.55. The summed E-state index contributed by atoms with van der Waals surface area (Å²) in [6.45, 7) is 1.00. The van der Waals surface area contributed by atoms with E-state index in [0.717, 1.165) is 24.8 Å². The highest BCUT2D eigenvalue weighted by Gasteiger charge is 2.79. The summed E-state index contributed by atoms with van der Waals surface area (Å²) < 4.78 is 16.3. The molecule has 0 aromatic heterocycles. The number of rotatable bonds is 2. The van der Waals surface area contributed by atoms with E-state index < -0.39 is 34.5 Å². The number of carbonyl (C=O) groups is 4. The number of ether oxygens (including phenoxy) is 3. The van der Waals surface area contributed by atoms with Crippen LogP contribution >= 0.6 is 11.6 Å². The molecule has 9 nitrogen and oxygen atoms in total. The highest BCUT2D eigenvalue weighted by molar-refractivity contribution is 6.32. The largest absolute Gasteiger partial charge is 0.467 e. The lowest BCUT2D eigenvalue weighted by molar-refractivity contribution is -0.175. The molecule has 35 heavy (non-hydrogen) atoms. The Hall–Kier alpha value is -2.65. The van der Waals surface area contributed by atoms with Gasteiger partial charge in [-0.1, -0.05) is 11.6 Å². The van der Waals surface area contributed by atoms with Crippen molar-refractivity contribution in [2.75, 3.05) is 25.7 Å². The number of carbonyl (C=O) groups excluding carboxylic acids is 4. The smallest absolute Gasteiger partial charge is 0.415 e. The molecule has 3 heterocycles. The van der Waals surface area contributed by atoms with E-state index in [-0.39, 0.29) is 31.8 Å². The number of ketones is 1. The number of piperidine rings is 1. The first-order valence-corrected chi connectivity index (χ1v) is 12.3. The molecule has 0 radical (unpaired) electrons. The van der Waals surface area contributed by atoms with Crippen LogP contribution in [0.4, 0.5) is 10.5 Å². The molecule has 186 valence electrons.